The third-order valence-corrected chi connectivity index (χ3v) is 5.12. The molecule has 4 atom stereocenters. The van der Waals surface area contributed by atoms with E-state index in [4.69, 9.17) is 4.55 Å². The molecule has 0 heterocycles. The van der Waals surface area contributed by atoms with Gasteiger partial charge >= 0.3 is 27.5 Å². The molecule has 0 saturated heterocycles. The summed E-state index contributed by atoms with van der Waals surface area (Å²) in [6, 6.07) is 0. The minimum absolute atomic E-state index is 0.147. The summed E-state index contributed by atoms with van der Waals surface area (Å²) in [7, 11) is -6.39. The van der Waals surface area contributed by atoms with Crippen molar-refractivity contribution in [3.05, 3.63) is 0 Å². The van der Waals surface area contributed by atoms with Gasteiger partial charge in [0.2, 0.25) is 0 Å². The van der Waals surface area contributed by atoms with Gasteiger partial charge in [-0.25, -0.2) is 0 Å². The summed E-state index contributed by atoms with van der Waals surface area (Å²) in [6.45, 7) is 0. The molecule has 0 aromatic rings. The number of rotatable bonds is 4. The van der Waals surface area contributed by atoms with Crippen LogP contribution in [0.15, 0.2) is 0 Å². The fourth-order valence-electron chi connectivity index (χ4n) is 3.20. The lowest BCUT2D eigenvalue weighted by Gasteiger charge is -2.28. The second-order valence-corrected chi connectivity index (χ2v) is 7.17. The van der Waals surface area contributed by atoms with Crippen LogP contribution in [0.5, 0.6) is 0 Å². The Balaban J connectivity index is 2.19. The molecule has 5 nitrogen and oxygen atoms in total. The van der Waals surface area contributed by atoms with Crippen LogP contribution >= 0.6 is 0 Å². The number of fused-ring (bicyclic) bond motifs is 2. The second-order valence-electron chi connectivity index (χ2n) is 5.68. The Kier molecular flexibility index (Phi) is 4.18. The molecule has 2 aliphatic carbocycles. The van der Waals surface area contributed by atoms with E-state index in [-0.39, 0.29) is 18.3 Å². The Morgan fingerprint density at radius 1 is 1.14 bits per heavy atom. The van der Waals surface area contributed by atoms with Gasteiger partial charge in [0.05, 0.1) is 5.92 Å². The molecule has 128 valence electrons. The predicted octanol–water partition coefficient (Wildman–Crippen LogP) is 2.38. The van der Waals surface area contributed by atoms with Crippen molar-refractivity contribution in [1.82, 2.24) is 0 Å². The van der Waals surface area contributed by atoms with Gasteiger partial charge in [-0.3, -0.25) is 9.35 Å². The monoisotopic (exact) mass is 352 g/mol. The van der Waals surface area contributed by atoms with Gasteiger partial charge in [0, 0.05) is 0 Å². The average Bonchev–Trinajstić information content (AvgIpc) is 2.94. The van der Waals surface area contributed by atoms with Crippen LogP contribution in [0.3, 0.4) is 0 Å². The lowest BCUT2D eigenvalue weighted by Crippen LogP contribution is -2.52. The van der Waals surface area contributed by atoms with E-state index in [0.29, 0.717) is 12.8 Å². The minimum Gasteiger partial charge on any atom is -0.444 e. The molecule has 4 unspecified atom stereocenters. The van der Waals surface area contributed by atoms with Crippen molar-refractivity contribution in [3.63, 3.8) is 0 Å². The van der Waals surface area contributed by atoms with Crippen LogP contribution in [0, 0.1) is 17.8 Å². The van der Waals surface area contributed by atoms with Crippen molar-refractivity contribution in [2.24, 2.45) is 17.8 Å². The van der Waals surface area contributed by atoms with Gasteiger partial charge in [-0.1, -0.05) is 6.42 Å². The maximum absolute atomic E-state index is 13.3. The highest BCUT2D eigenvalue weighted by Gasteiger charge is 2.66. The first-order valence-electron chi connectivity index (χ1n) is 6.46. The molecule has 0 spiro atoms. The van der Waals surface area contributed by atoms with Crippen molar-refractivity contribution in [2.45, 2.75) is 43.2 Å². The van der Waals surface area contributed by atoms with Crippen molar-refractivity contribution in [3.8, 4) is 0 Å². The smallest absolute Gasteiger partial charge is 0.432 e. The van der Waals surface area contributed by atoms with Crippen LogP contribution in [-0.2, 0) is 19.6 Å². The normalized spacial score (nSPS) is 30.4. The van der Waals surface area contributed by atoms with Gasteiger partial charge in [-0.05, 0) is 31.1 Å². The van der Waals surface area contributed by atoms with Crippen LogP contribution in [0.4, 0.5) is 22.0 Å². The molecule has 2 bridgehead atoms. The summed E-state index contributed by atoms with van der Waals surface area (Å²) in [4.78, 5) is 11.7. The minimum atomic E-state index is -6.39. The van der Waals surface area contributed by atoms with E-state index in [1.54, 1.807) is 0 Å². The van der Waals surface area contributed by atoms with Crippen LogP contribution in [0.2, 0.25) is 0 Å². The van der Waals surface area contributed by atoms with Crippen LogP contribution < -0.4 is 0 Å². The quantitative estimate of drug-likeness (QED) is 0.477. The van der Waals surface area contributed by atoms with Gasteiger partial charge < -0.3 is 4.74 Å². The number of alkyl halides is 5. The van der Waals surface area contributed by atoms with E-state index in [2.05, 4.69) is 4.74 Å². The van der Waals surface area contributed by atoms with E-state index in [0.717, 1.165) is 6.42 Å². The standard InChI is InChI=1S/C11H13F5O5S/c12-10(13,14)9(11(15,16)22(18,19)20)21-8(17)7-4-5-1-2-6(7)3-5/h5-7,9H,1-4H2,(H,18,19,20). The third-order valence-electron chi connectivity index (χ3n) is 4.22. The van der Waals surface area contributed by atoms with Gasteiger partial charge in [0.15, 0.2) is 0 Å². The highest BCUT2D eigenvalue weighted by Crippen LogP contribution is 2.49. The number of esters is 1. The summed E-state index contributed by atoms with van der Waals surface area (Å²) in [5, 5.41) is -5.67. The molecule has 2 rings (SSSR count). The zero-order valence-corrected chi connectivity index (χ0v) is 11.8. The van der Waals surface area contributed by atoms with Crippen molar-refractivity contribution in [2.75, 3.05) is 0 Å². The molecule has 11 heteroatoms. The zero-order chi connectivity index (χ0) is 16.9. The SMILES string of the molecule is O=C(OC(C(F)(F)F)C(F)(F)S(=O)(=O)O)C1CC2CCC1C2. The molecule has 0 aliphatic heterocycles. The van der Waals surface area contributed by atoms with E-state index in [9.17, 15) is 35.2 Å². The van der Waals surface area contributed by atoms with Gasteiger partial charge in [-0.15, -0.1) is 0 Å². The summed E-state index contributed by atoms with van der Waals surface area (Å²) in [5.41, 5.74) is 0. The maximum Gasteiger partial charge on any atom is 0.432 e. The summed E-state index contributed by atoms with van der Waals surface area (Å²) >= 11 is 0. The number of carbonyl (C=O) groups excluding carboxylic acids is 1. The zero-order valence-electron chi connectivity index (χ0n) is 11.0. The number of ether oxygens (including phenoxy) is 1. The van der Waals surface area contributed by atoms with E-state index in [1.165, 1.54) is 0 Å². The topological polar surface area (TPSA) is 80.7 Å². The average molecular weight is 352 g/mol. The molecular weight excluding hydrogens is 339 g/mol. The number of carbonyl (C=O) groups is 1. The molecule has 0 aromatic carbocycles. The van der Waals surface area contributed by atoms with Crippen LogP contribution in [0.25, 0.3) is 0 Å². The Labute approximate surface area is 122 Å². The van der Waals surface area contributed by atoms with Crippen molar-refractivity contribution in [1.29, 1.82) is 0 Å². The van der Waals surface area contributed by atoms with E-state index >= 15 is 0 Å². The number of hydrogen-bond acceptors (Lipinski definition) is 4. The fraction of sp³-hybridized carbons (Fsp3) is 0.909. The predicted molar refractivity (Wildman–Crippen MR) is 61.4 cm³/mol. The first kappa shape index (κ1) is 17.4. The van der Waals surface area contributed by atoms with Gasteiger partial charge in [0.25, 0.3) is 6.10 Å². The van der Waals surface area contributed by atoms with E-state index < -0.39 is 39.5 Å². The molecule has 2 fully saturated rings. The molecule has 1 N–H and O–H groups in total. The first-order valence-corrected chi connectivity index (χ1v) is 7.90. The molecule has 2 saturated carbocycles. The molecule has 0 amide bonds. The van der Waals surface area contributed by atoms with Gasteiger partial charge in [-0.2, -0.15) is 30.4 Å². The molecule has 0 radical (unpaired) electrons. The lowest BCUT2D eigenvalue weighted by molar-refractivity contribution is -0.261. The van der Waals surface area contributed by atoms with Crippen molar-refractivity contribution < 1.29 is 44.5 Å². The first-order chi connectivity index (χ1) is 9.84. The number of hydrogen-bond donors (Lipinski definition) is 1. The van der Waals surface area contributed by atoms with Crippen LogP contribution in [0.1, 0.15) is 25.7 Å². The van der Waals surface area contributed by atoms with Crippen molar-refractivity contribution >= 4 is 16.1 Å². The Morgan fingerprint density at radius 2 is 1.73 bits per heavy atom. The maximum atomic E-state index is 13.3. The molecular formula is C11H13F5O5S. The highest BCUT2D eigenvalue weighted by atomic mass is 32.2. The fourth-order valence-corrected chi connectivity index (χ4v) is 3.65. The molecule has 2 aliphatic rings. The number of halogens is 5. The summed E-state index contributed by atoms with van der Waals surface area (Å²) in [5.74, 6) is -2.53. The second kappa shape index (κ2) is 5.29. The molecule has 0 aromatic heterocycles. The Hall–Kier alpha value is -0.970. The lowest BCUT2D eigenvalue weighted by atomic mass is 9.89. The Bertz CT molecular complexity index is 558. The van der Waals surface area contributed by atoms with Gasteiger partial charge in [0.1, 0.15) is 0 Å². The molecule has 22 heavy (non-hydrogen) atoms. The highest BCUT2D eigenvalue weighted by molar-refractivity contribution is 7.86. The largest absolute Gasteiger partial charge is 0.444 e. The summed E-state index contributed by atoms with van der Waals surface area (Å²) < 4.78 is 97.6. The van der Waals surface area contributed by atoms with E-state index in [1.807, 2.05) is 0 Å². The third kappa shape index (κ3) is 3.05. The Morgan fingerprint density at radius 3 is 2.09 bits per heavy atom. The summed E-state index contributed by atoms with van der Waals surface area (Å²) in [6.07, 6.45) is -7.81. The van der Waals surface area contributed by atoms with Crippen LogP contribution in [-0.4, -0.2) is 36.5 Å².